The third-order valence-corrected chi connectivity index (χ3v) is 5.73. The minimum Gasteiger partial charge on any atom is -0.334 e. The van der Waals surface area contributed by atoms with Gasteiger partial charge in [-0.2, -0.15) is 0 Å². The van der Waals surface area contributed by atoms with Crippen LogP contribution in [-0.2, 0) is 13.0 Å². The van der Waals surface area contributed by atoms with Crippen LogP contribution < -0.4 is 15.5 Å². The number of nitrogens with zero attached hydrogens (tertiary/aromatic N) is 1. The van der Waals surface area contributed by atoms with E-state index in [-0.39, 0.29) is 24.2 Å². The molecule has 1 heterocycles. The van der Waals surface area contributed by atoms with Crippen molar-refractivity contribution >= 4 is 39.2 Å². The highest BCUT2D eigenvalue weighted by Gasteiger charge is 2.31. The Morgan fingerprint density at radius 2 is 1.87 bits per heavy atom. The average molecular weight is 482 g/mol. The molecule has 31 heavy (non-hydrogen) atoms. The molecular formula is C24H21BrFN3O2. The van der Waals surface area contributed by atoms with Gasteiger partial charge in [-0.3, -0.25) is 4.79 Å². The van der Waals surface area contributed by atoms with Gasteiger partial charge in [0, 0.05) is 28.3 Å². The normalized spacial score (nSPS) is 14.8. The lowest BCUT2D eigenvalue weighted by molar-refractivity contribution is 0.0981. The second kappa shape index (κ2) is 8.89. The van der Waals surface area contributed by atoms with Crippen molar-refractivity contribution in [2.45, 2.75) is 25.9 Å². The Balaban J connectivity index is 1.46. The van der Waals surface area contributed by atoms with Crippen molar-refractivity contribution < 1.29 is 14.0 Å². The summed E-state index contributed by atoms with van der Waals surface area (Å²) in [6, 6.07) is 19.0. The molecule has 3 amide bonds. The number of hydrogen-bond donors (Lipinski definition) is 2. The molecule has 0 aliphatic carbocycles. The second-order valence-electron chi connectivity index (χ2n) is 7.49. The van der Waals surface area contributed by atoms with Crippen LogP contribution >= 0.6 is 15.9 Å². The summed E-state index contributed by atoms with van der Waals surface area (Å²) in [4.78, 5) is 27.1. The molecule has 3 aromatic rings. The Hall–Kier alpha value is -3.19. The summed E-state index contributed by atoms with van der Waals surface area (Å²) in [5, 5.41) is 5.24. The summed E-state index contributed by atoms with van der Waals surface area (Å²) in [5.74, 6) is -0.563. The first-order valence-corrected chi connectivity index (χ1v) is 10.7. The number of fused-ring (bicyclic) bond motifs is 1. The van der Waals surface area contributed by atoms with Gasteiger partial charge in [0.05, 0.1) is 5.69 Å². The number of nitrogens with one attached hydrogen (secondary N) is 2. The lowest BCUT2D eigenvalue weighted by atomic mass is 10.1. The van der Waals surface area contributed by atoms with Gasteiger partial charge < -0.3 is 15.5 Å². The molecule has 158 valence electrons. The van der Waals surface area contributed by atoms with Crippen LogP contribution in [0.5, 0.6) is 0 Å². The van der Waals surface area contributed by atoms with E-state index in [1.807, 2.05) is 60.4 Å². The van der Waals surface area contributed by atoms with E-state index < -0.39 is 11.8 Å². The number of rotatable bonds is 4. The van der Waals surface area contributed by atoms with E-state index in [1.54, 1.807) is 6.07 Å². The predicted octanol–water partition coefficient (Wildman–Crippen LogP) is 5.50. The van der Waals surface area contributed by atoms with Crippen molar-refractivity contribution in [1.82, 2.24) is 5.32 Å². The number of carbonyl (C=O) groups excluding carboxylic acids is 2. The highest BCUT2D eigenvalue weighted by atomic mass is 79.9. The molecular weight excluding hydrogens is 461 g/mol. The summed E-state index contributed by atoms with van der Waals surface area (Å²) in [7, 11) is 0. The lowest BCUT2D eigenvalue weighted by Crippen LogP contribution is -2.35. The summed E-state index contributed by atoms with van der Waals surface area (Å²) in [6.07, 6.45) is 0.783. The molecule has 0 saturated carbocycles. The average Bonchev–Trinajstić information content (AvgIpc) is 3.09. The zero-order chi connectivity index (χ0) is 22.0. The van der Waals surface area contributed by atoms with Crippen LogP contribution in [0.25, 0.3) is 0 Å². The number of hydrogen-bond acceptors (Lipinski definition) is 2. The minimum atomic E-state index is -0.522. The van der Waals surface area contributed by atoms with Gasteiger partial charge in [0.1, 0.15) is 5.82 Å². The molecule has 1 aliphatic heterocycles. The first-order chi connectivity index (χ1) is 14.9. The van der Waals surface area contributed by atoms with Crippen molar-refractivity contribution in [1.29, 1.82) is 0 Å². The summed E-state index contributed by atoms with van der Waals surface area (Å²) in [5.41, 5.74) is 3.55. The topological polar surface area (TPSA) is 61.4 Å². The third-order valence-electron chi connectivity index (χ3n) is 5.24. The fourth-order valence-electron chi connectivity index (χ4n) is 3.73. The molecule has 0 radical (unpaired) electrons. The van der Waals surface area contributed by atoms with E-state index >= 15 is 0 Å². The van der Waals surface area contributed by atoms with Crippen LogP contribution in [0.15, 0.2) is 71.2 Å². The molecule has 0 saturated heterocycles. The number of benzene rings is 3. The number of carbonyl (C=O) groups is 2. The van der Waals surface area contributed by atoms with Crippen molar-refractivity contribution in [3.8, 4) is 0 Å². The number of urea groups is 1. The zero-order valence-corrected chi connectivity index (χ0v) is 18.4. The molecule has 3 aromatic carbocycles. The van der Waals surface area contributed by atoms with E-state index in [4.69, 9.17) is 0 Å². The Morgan fingerprint density at radius 3 is 2.61 bits per heavy atom. The van der Waals surface area contributed by atoms with E-state index in [0.29, 0.717) is 10.0 Å². The van der Waals surface area contributed by atoms with Gasteiger partial charge in [0.15, 0.2) is 0 Å². The maximum absolute atomic E-state index is 13.9. The predicted molar refractivity (Wildman–Crippen MR) is 123 cm³/mol. The Labute approximate surface area is 188 Å². The van der Waals surface area contributed by atoms with Crippen LogP contribution in [0.1, 0.15) is 28.4 Å². The Kier molecular flexibility index (Phi) is 6.04. The van der Waals surface area contributed by atoms with Crippen LogP contribution in [0.3, 0.4) is 0 Å². The van der Waals surface area contributed by atoms with Crippen molar-refractivity contribution in [3.05, 3.63) is 93.7 Å². The van der Waals surface area contributed by atoms with Crippen molar-refractivity contribution in [2.24, 2.45) is 0 Å². The first kappa shape index (κ1) is 21.1. The molecule has 0 spiro atoms. The smallest absolute Gasteiger partial charge is 0.319 e. The first-order valence-electron chi connectivity index (χ1n) is 9.92. The summed E-state index contributed by atoms with van der Waals surface area (Å²) in [6.45, 7) is 2.28. The van der Waals surface area contributed by atoms with Crippen LogP contribution in [-0.4, -0.2) is 18.0 Å². The summed E-state index contributed by atoms with van der Waals surface area (Å²) >= 11 is 3.19. The van der Waals surface area contributed by atoms with Gasteiger partial charge in [0.2, 0.25) is 0 Å². The zero-order valence-electron chi connectivity index (χ0n) is 16.9. The van der Waals surface area contributed by atoms with E-state index in [2.05, 4.69) is 26.6 Å². The van der Waals surface area contributed by atoms with Crippen LogP contribution in [0.4, 0.5) is 20.6 Å². The molecule has 5 nitrogen and oxygen atoms in total. The highest BCUT2D eigenvalue weighted by Crippen LogP contribution is 2.34. The molecule has 7 heteroatoms. The number of halogens is 2. The van der Waals surface area contributed by atoms with E-state index in [0.717, 1.165) is 23.2 Å². The maximum Gasteiger partial charge on any atom is 0.319 e. The molecule has 4 rings (SSSR count). The SMILES string of the molecule is CC1Cc2ccc(CNC(=O)Nc3ccc(Br)cc3F)cc2N1C(=O)c1ccccc1. The fraction of sp³-hybridized carbons (Fsp3) is 0.167. The molecule has 0 bridgehead atoms. The monoisotopic (exact) mass is 481 g/mol. The lowest BCUT2D eigenvalue weighted by Gasteiger charge is -2.23. The number of anilines is 2. The molecule has 1 aliphatic rings. The van der Waals surface area contributed by atoms with Crippen LogP contribution in [0.2, 0.25) is 0 Å². The molecule has 1 atom stereocenters. The van der Waals surface area contributed by atoms with Gasteiger partial charge in [-0.1, -0.05) is 46.3 Å². The molecule has 0 aromatic heterocycles. The van der Waals surface area contributed by atoms with Gasteiger partial charge in [-0.25, -0.2) is 9.18 Å². The maximum atomic E-state index is 13.9. The van der Waals surface area contributed by atoms with Gasteiger partial charge in [-0.05, 0) is 60.9 Å². The summed E-state index contributed by atoms with van der Waals surface area (Å²) < 4.78 is 14.5. The highest BCUT2D eigenvalue weighted by molar-refractivity contribution is 9.10. The largest absolute Gasteiger partial charge is 0.334 e. The van der Waals surface area contributed by atoms with Crippen molar-refractivity contribution in [2.75, 3.05) is 10.2 Å². The van der Waals surface area contributed by atoms with Gasteiger partial charge in [-0.15, -0.1) is 0 Å². The Morgan fingerprint density at radius 1 is 1.10 bits per heavy atom. The van der Waals surface area contributed by atoms with Crippen LogP contribution in [0, 0.1) is 5.82 Å². The quantitative estimate of drug-likeness (QED) is 0.516. The van der Waals surface area contributed by atoms with Gasteiger partial charge in [0.25, 0.3) is 5.91 Å². The van der Waals surface area contributed by atoms with E-state index in [1.165, 1.54) is 12.1 Å². The minimum absolute atomic E-state index is 0.0413. The fourth-order valence-corrected chi connectivity index (χ4v) is 4.07. The standard InChI is InChI=1S/C24H21BrFN3O2/c1-15-11-18-8-7-16(12-22(18)29(15)23(30)17-5-3-2-4-6-17)14-27-24(31)28-21-10-9-19(25)13-20(21)26/h2-10,12-13,15H,11,14H2,1H3,(H2,27,28,31). The third kappa shape index (κ3) is 4.61. The number of amides is 3. The molecule has 0 fully saturated rings. The second-order valence-corrected chi connectivity index (χ2v) is 8.40. The molecule has 1 unspecified atom stereocenters. The van der Waals surface area contributed by atoms with Crippen molar-refractivity contribution in [3.63, 3.8) is 0 Å². The Bertz CT molecular complexity index is 1140. The van der Waals surface area contributed by atoms with E-state index in [9.17, 15) is 14.0 Å². The molecule has 2 N–H and O–H groups in total. The van der Waals surface area contributed by atoms with Gasteiger partial charge >= 0.3 is 6.03 Å².